The van der Waals surface area contributed by atoms with E-state index in [0.717, 1.165) is 43.4 Å². The molecule has 1 aliphatic carbocycles. The maximum Gasteiger partial charge on any atom is 0.573 e. The highest BCUT2D eigenvalue weighted by atomic mass is 32.1. The second kappa shape index (κ2) is 10.4. The van der Waals surface area contributed by atoms with Crippen molar-refractivity contribution in [2.24, 2.45) is 5.41 Å². The Morgan fingerprint density at radius 1 is 1.20 bits per heavy atom. The first-order valence-corrected chi connectivity index (χ1v) is 12.4. The van der Waals surface area contributed by atoms with Crippen LogP contribution in [0.3, 0.4) is 0 Å². The fourth-order valence-corrected chi connectivity index (χ4v) is 5.70. The van der Waals surface area contributed by atoms with Crippen molar-refractivity contribution in [2.45, 2.75) is 70.2 Å². The highest BCUT2D eigenvalue weighted by Crippen LogP contribution is 2.39. The second-order valence-corrected chi connectivity index (χ2v) is 10.3. The van der Waals surface area contributed by atoms with Gasteiger partial charge in [0.25, 0.3) is 0 Å². The van der Waals surface area contributed by atoms with Crippen molar-refractivity contribution in [1.82, 2.24) is 15.6 Å². The van der Waals surface area contributed by atoms with E-state index in [1.165, 1.54) is 18.2 Å². The number of hydrogen-bond acceptors (Lipinski definition) is 6. The van der Waals surface area contributed by atoms with Crippen molar-refractivity contribution in [2.75, 3.05) is 11.9 Å². The number of ether oxygens (including phenoxy) is 1. The van der Waals surface area contributed by atoms with Crippen LogP contribution in [0.25, 0.3) is 10.2 Å². The number of carbonyl (C=O) groups is 3. The van der Waals surface area contributed by atoms with Gasteiger partial charge in [0.2, 0.25) is 17.7 Å². The number of amides is 3. The number of halogens is 3. The molecule has 2 aromatic rings. The summed E-state index contributed by atoms with van der Waals surface area (Å²) < 4.78 is 41.8. The van der Waals surface area contributed by atoms with Crippen molar-refractivity contribution in [1.29, 1.82) is 0 Å². The molecule has 2 fully saturated rings. The molecule has 1 aromatic carbocycles. The molecule has 0 radical (unpaired) electrons. The molecule has 1 saturated carbocycles. The van der Waals surface area contributed by atoms with Crippen LogP contribution in [0.1, 0.15) is 57.8 Å². The van der Waals surface area contributed by atoms with Gasteiger partial charge in [-0.05, 0) is 36.8 Å². The van der Waals surface area contributed by atoms with E-state index in [-0.39, 0.29) is 47.8 Å². The summed E-state index contributed by atoms with van der Waals surface area (Å²) in [5, 5.41) is 8.81. The standard InChI is InChI=1S/C23H27F3N4O4S/c24-23(25,26)34-15-5-6-16-17(11-15)35-21(29-16)30-20(33)12-22(8-2-1-3-9-22)13-27-19(32)10-14-4-7-18(31)28-14/h5-6,11,14H,1-4,7-10,12-13H2,(H,27,32)(H,28,31)(H,29,30,33)/t14-/m1/s1. The third-order valence-corrected chi connectivity index (χ3v) is 7.40. The minimum Gasteiger partial charge on any atom is -0.406 e. The molecule has 0 bridgehead atoms. The van der Waals surface area contributed by atoms with Crippen molar-refractivity contribution in [3.8, 4) is 5.75 Å². The average Bonchev–Trinajstić information content (AvgIpc) is 3.36. The van der Waals surface area contributed by atoms with Crippen LogP contribution in [0.2, 0.25) is 0 Å². The van der Waals surface area contributed by atoms with E-state index in [2.05, 4.69) is 25.7 Å². The lowest BCUT2D eigenvalue weighted by Crippen LogP contribution is -2.42. The summed E-state index contributed by atoms with van der Waals surface area (Å²) in [5.41, 5.74) is 0.0832. The van der Waals surface area contributed by atoms with E-state index >= 15 is 0 Å². The Bertz CT molecular complexity index is 1100. The minimum absolute atomic E-state index is 0.0397. The third-order valence-electron chi connectivity index (χ3n) is 6.47. The number of fused-ring (bicyclic) bond motifs is 1. The van der Waals surface area contributed by atoms with Crippen molar-refractivity contribution < 1.29 is 32.3 Å². The Morgan fingerprint density at radius 2 is 1.97 bits per heavy atom. The molecule has 3 amide bonds. The van der Waals surface area contributed by atoms with Gasteiger partial charge in [0.05, 0.1) is 10.2 Å². The predicted octanol–water partition coefficient (Wildman–Crippen LogP) is 4.26. The summed E-state index contributed by atoms with van der Waals surface area (Å²) in [5.74, 6) is -0.789. The SMILES string of the molecule is O=C(C[C@H]1CCC(=O)N1)NCC1(CC(=O)Nc2nc3ccc(OC(F)(F)F)cc3s2)CCCCC1. The molecule has 0 spiro atoms. The van der Waals surface area contributed by atoms with Crippen molar-refractivity contribution >= 4 is 44.4 Å². The van der Waals surface area contributed by atoms with Gasteiger partial charge in [-0.15, -0.1) is 13.2 Å². The number of alkyl halides is 3. The van der Waals surface area contributed by atoms with Gasteiger partial charge in [-0.2, -0.15) is 0 Å². The zero-order valence-corrected chi connectivity index (χ0v) is 19.8. The Morgan fingerprint density at radius 3 is 2.66 bits per heavy atom. The lowest BCUT2D eigenvalue weighted by Gasteiger charge is -2.37. The van der Waals surface area contributed by atoms with E-state index in [4.69, 9.17) is 0 Å². The number of hydrogen-bond donors (Lipinski definition) is 3. The summed E-state index contributed by atoms with van der Waals surface area (Å²) in [4.78, 5) is 41.0. The Hall–Kier alpha value is -2.89. The van der Waals surface area contributed by atoms with Crippen molar-refractivity contribution in [3.63, 3.8) is 0 Å². The summed E-state index contributed by atoms with van der Waals surface area (Å²) in [6, 6.07) is 3.68. The molecule has 1 aliphatic heterocycles. The van der Waals surface area contributed by atoms with Gasteiger partial charge >= 0.3 is 6.36 Å². The zero-order chi connectivity index (χ0) is 25.1. The molecule has 1 atom stereocenters. The Kier molecular flexibility index (Phi) is 7.48. The first kappa shape index (κ1) is 25.2. The number of aromatic nitrogens is 1. The van der Waals surface area contributed by atoms with Gasteiger partial charge in [0, 0.05) is 37.9 Å². The van der Waals surface area contributed by atoms with Crippen LogP contribution in [0.4, 0.5) is 18.3 Å². The number of rotatable bonds is 8. The third kappa shape index (κ3) is 7.06. The first-order chi connectivity index (χ1) is 16.6. The number of nitrogens with zero attached hydrogens (tertiary/aromatic N) is 1. The molecule has 2 heterocycles. The maximum absolute atomic E-state index is 12.9. The molecule has 35 heavy (non-hydrogen) atoms. The van der Waals surface area contributed by atoms with Crippen LogP contribution >= 0.6 is 11.3 Å². The van der Waals surface area contributed by atoms with E-state index in [9.17, 15) is 27.6 Å². The smallest absolute Gasteiger partial charge is 0.406 e. The van der Waals surface area contributed by atoms with Gasteiger partial charge in [-0.3, -0.25) is 14.4 Å². The summed E-state index contributed by atoms with van der Waals surface area (Å²) in [7, 11) is 0. The highest BCUT2D eigenvalue weighted by Gasteiger charge is 2.35. The molecule has 1 saturated heterocycles. The monoisotopic (exact) mass is 512 g/mol. The molecule has 8 nitrogen and oxygen atoms in total. The van der Waals surface area contributed by atoms with E-state index < -0.39 is 6.36 Å². The van der Waals surface area contributed by atoms with Crippen LogP contribution in [0, 0.1) is 5.41 Å². The zero-order valence-electron chi connectivity index (χ0n) is 19.0. The predicted molar refractivity (Wildman–Crippen MR) is 124 cm³/mol. The average molecular weight is 513 g/mol. The van der Waals surface area contributed by atoms with Gasteiger partial charge < -0.3 is 20.7 Å². The summed E-state index contributed by atoms with van der Waals surface area (Å²) >= 11 is 1.07. The molecule has 12 heteroatoms. The van der Waals surface area contributed by atoms with Crippen LogP contribution in [0.5, 0.6) is 5.75 Å². The molecule has 0 unspecified atom stereocenters. The van der Waals surface area contributed by atoms with Crippen LogP contribution in [-0.4, -0.2) is 41.7 Å². The quantitative estimate of drug-likeness (QED) is 0.490. The first-order valence-electron chi connectivity index (χ1n) is 11.6. The minimum atomic E-state index is -4.79. The van der Waals surface area contributed by atoms with Gasteiger partial charge in [0.1, 0.15) is 5.75 Å². The summed E-state index contributed by atoms with van der Waals surface area (Å²) in [6.07, 6.45) is 1.32. The maximum atomic E-state index is 12.9. The van der Waals surface area contributed by atoms with Crippen LogP contribution in [-0.2, 0) is 14.4 Å². The fraction of sp³-hybridized carbons (Fsp3) is 0.565. The second-order valence-electron chi connectivity index (χ2n) is 9.27. The van der Waals surface area contributed by atoms with E-state index in [1.54, 1.807) is 0 Å². The van der Waals surface area contributed by atoms with Gasteiger partial charge in [-0.25, -0.2) is 4.98 Å². The van der Waals surface area contributed by atoms with E-state index in [0.29, 0.717) is 34.7 Å². The van der Waals surface area contributed by atoms with E-state index in [1.807, 2.05) is 0 Å². The van der Waals surface area contributed by atoms with Crippen LogP contribution < -0.4 is 20.7 Å². The molecule has 1 aromatic heterocycles. The summed E-state index contributed by atoms with van der Waals surface area (Å²) in [6.45, 7) is 0.373. The number of anilines is 1. The molecular formula is C23H27F3N4O4S. The number of benzene rings is 1. The molecule has 190 valence electrons. The Labute approximate surface area is 204 Å². The molecule has 2 aliphatic rings. The number of carbonyl (C=O) groups excluding carboxylic acids is 3. The van der Waals surface area contributed by atoms with Crippen LogP contribution in [0.15, 0.2) is 18.2 Å². The number of thiazole rings is 1. The number of nitrogens with one attached hydrogen (secondary N) is 3. The van der Waals surface area contributed by atoms with Gasteiger partial charge in [0.15, 0.2) is 5.13 Å². The topological polar surface area (TPSA) is 109 Å². The largest absolute Gasteiger partial charge is 0.573 e. The fourth-order valence-electron chi connectivity index (χ4n) is 4.79. The lowest BCUT2D eigenvalue weighted by molar-refractivity contribution is -0.274. The van der Waals surface area contributed by atoms with Crippen molar-refractivity contribution in [3.05, 3.63) is 18.2 Å². The molecular weight excluding hydrogens is 485 g/mol. The normalized spacial score (nSPS) is 19.9. The molecule has 4 rings (SSSR count). The Balaban J connectivity index is 1.36. The highest BCUT2D eigenvalue weighted by molar-refractivity contribution is 7.22. The van der Waals surface area contributed by atoms with Gasteiger partial charge in [-0.1, -0.05) is 30.6 Å². The molecule has 3 N–H and O–H groups in total. The lowest BCUT2D eigenvalue weighted by atomic mass is 9.71.